The summed E-state index contributed by atoms with van der Waals surface area (Å²) in [5.41, 5.74) is 0. The normalized spacial score (nSPS) is 30.0. The first-order valence-electron chi connectivity index (χ1n) is 3.79. The van der Waals surface area contributed by atoms with E-state index in [1.54, 1.807) is 0 Å². The SMILES string of the molecule is CN1CCC[N]C(CO)C1. The van der Waals surface area contributed by atoms with Gasteiger partial charge >= 0.3 is 0 Å². The average Bonchev–Trinajstić information content (AvgIpc) is 2.13. The van der Waals surface area contributed by atoms with Gasteiger partial charge in [-0.15, -0.1) is 0 Å². The van der Waals surface area contributed by atoms with Crippen molar-refractivity contribution in [3.05, 3.63) is 0 Å². The first kappa shape index (κ1) is 7.98. The topological polar surface area (TPSA) is 37.6 Å². The Morgan fingerprint density at radius 1 is 1.70 bits per heavy atom. The van der Waals surface area contributed by atoms with Crippen LogP contribution < -0.4 is 5.32 Å². The second-order valence-corrected chi connectivity index (χ2v) is 2.86. The van der Waals surface area contributed by atoms with Crippen LogP contribution in [0.3, 0.4) is 0 Å². The number of hydrogen-bond donors (Lipinski definition) is 1. The minimum Gasteiger partial charge on any atom is -0.395 e. The third-order valence-electron chi connectivity index (χ3n) is 1.82. The highest BCUT2D eigenvalue weighted by molar-refractivity contribution is 4.72. The fourth-order valence-corrected chi connectivity index (χ4v) is 1.24. The van der Waals surface area contributed by atoms with Crippen LogP contribution in [0.1, 0.15) is 6.42 Å². The van der Waals surface area contributed by atoms with E-state index in [-0.39, 0.29) is 12.6 Å². The van der Waals surface area contributed by atoms with Gasteiger partial charge in [-0.25, -0.2) is 5.32 Å². The van der Waals surface area contributed by atoms with E-state index < -0.39 is 0 Å². The Hall–Kier alpha value is -0.120. The monoisotopic (exact) mass is 143 g/mol. The van der Waals surface area contributed by atoms with Crippen LogP contribution in [0.2, 0.25) is 0 Å². The molecule has 1 fully saturated rings. The molecule has 0 aromatic rings. The van der Waals surface area contributed by atoms with Crippen molar-refractivity contribution in [2.24, 2.45) is 0 Å². The number of rotatable bonds is 1. The fraction of sp³-hybridized carbons (Fsp3) is 1.00. The van der Waals surface area contributed by atoms with E-state index in [4.69, 9.17) is 5.11 Å². The summed E-state index contributed by atoms with van der Waals surface area (Å²) in [6.45, 7) is 3.14. The summed E-state index contributed by atoms with van der Waals surface area (Å²) in [6.07, 6.45) is 1.13. The van der Waals surface area contributed by atoms with Crippen LogP contribution in [0.5, 0.6) is 0 Å². The van der Waals surface area contributed by atoms with Crippen LogP contribution >= 0.6 is 0 Å². The average molecular weight is 143 g/mol. The van der Waals surface area contributed by atoms with E-state index in [2.05, 4.69) is 17.3 Å². The molecule has 1 heterocycles. The van der Waals surface area contributed by atoms with Crippen molar-refractivity contribution in [2.45, 2.75) is 12.5 Å². The lowest BCUT2D eigenvalue weighted by Crippen LogP contribution is -2.34. The summed E-state index contributed by atoms with van der Waals surface area (Å²) in [6, 6.07) is 0.160. The second kappa shape index (κ2) is 3.91. The van der Waals surface area contributed by atoms with Crippen LogP contribution in [0.25, 0.3) is 0 Å². The Morgan fingerprint density at radius 3 is 3.20 bits per heavy atom. The third kappa shape index (κ3) is 2.25. The molecule has 1 aliphatic heterocycles. The summed E-state index contributed by atoms with van der Waals surface area (Å²) < 4.78 is 0. The summed E-state index contributed by atoms with van der Waals surface area (Å²) in [7, 11) is 2.07. The van der Waals surface area contributed by atoms with E-state index in [0.717, 1.165) is 26.1 Å². The zero-order valence-corrected chi connectivity index (χ0v) is 6.45. The van der Waals surface area contributed by atoms with E-state index in [0.29, 0.717) is 0 Å². The smallest absolute Gasteiger partial charge is 0.0613 e. The molecule has 1 rings (SSSR count). The molecule has 0 spiro atoms. The maximum Gasteiger partial charge on any atom is 0.0613 e. The number of aliphatic hydroxyl groups excluding tert-OH is 1. The minimum atomic E-state index is 0.160. The van der Waals surface area contributed by atoms with Crippen LogP contribution in [0.15, 0.2) is 0 Å². The van der Waals surface area contributed by atoms with Gasteiger partial charge in [0, 0.05) is 13.1 Å². The molecule has 1 aliphatic rings. The van der Waals surface area contributed by atoms with Crippen LogP contribution in [-0.4, -0.2) is 49.3 Å². The second-order valence-electron chi connectivity index (χ2n) is 2.86. The van der Waals surface area contributed by atoms with Crippen LogP contribution in [0, 0.1) is 0 Å². The Morgan fingerprint density at radius 2 is 2.50 bits per heavy atom. The molecule has 0 bridgehead atoms. The van der Waals surface area contributed by atoms with Gasteiger partial charge in [-0.3, -0.25) is 0 Å². The minimum absolute atomic E-state index is 0.160. The molecule has 3 heteroatoms. The number of aliphatic hydroxyl groups is 1. The largest absolute Gasteiger partial charge is 0.395 e. The van der Waals surface area contributed by atoms with E-state index in [1.165, 1.54) is 0 Å². The van der Waals surface area contributed by atoms with Crippen molar-refractivity contribution < 1.29 is 5.11 Å². The zero-order valence-electron chi connectivity index (χ0n) is 6.45. The van der Waals surface area contributed by atoms with Gasteiger partial charge in [0.1, 0.15) is 0 Å². The molecule has 1 atom stereocenters. The fourth-order valence-electron chi connectivity index (χ4n) is 1.24. The Kier molecular flexibility index (Phi) is 3.12. The van der Waals surface area contributed by atoms with Crippen molar-refractivity contribution in [3.63, 3.8) is 0 Å². The molecule has 3 nitrogen and oxygen atoms in total. The molecule has 0 amide bonds. The molecule has 10 heavy (non-hydrogen) atoms. The van der Waals surface area contributed by atoms with Gasteiger partial charge in [0.15, 0.2) is 0 Å². The van der Waals surface area contributed by atoms with Crippen molar-refractivity contribution in [2.75, 3.05) is 33.3 Å². The Bertz CT molecular complexity index is 97.6. The van der Waals surface area contributed by atoms with Gasteiger partial charge in [0.05, 0.1) is 12.6 Å². The van der Waals surface area contributed by atoms with Gasteiger partial charge in [-0.1, -0.05) is 0 Å². The molecule has 1 unspecified atom stereocenters. The first-order valence-corrected chi connectivity index (χ1v) is 3.79. The molecule has 0 saturated carbocycles. The Labute approximate surface area is 62.0 Å². The highest BCUT2D eigenvalue weighted by Crippen LogP contribution is 1.97. The lowest BCUT2D eigenvalue weighted by Gasteiger charge is -2.16. The van der Waals surface area contributed by atoms with Gasteiger partial charge in [0.25, 0.3) is 0 Å². The summed E-state index contributed by atoms with van der Waals surface area (Å²) in [4.78, 5) is 2.22. The molecule has 0 aromatic carbocycles. The van der Waals surface area contributed by atoms with Crippen molar-refractivity contribution >= 4 is 0 Å². The van der Waals surface area contributed by atoms with E-state index in [1.807, 2.05) is 0 Å². The number of nitrogens with zero attached hydrogens (tertiary/aromatic N) is 2. The highest BCUT2D eigenvalue weighted by Gasteiger charge is 2.13. The third-order valence-corrected chi connectivity index (χ3v) is 1.82. The van der Waals surface area contributed by atoms with Gasteiger partial charge in [-0.05, 0) is 20.0 Å². The number of likely N-dealkylation sites (N-methyl/N-ethyl adjacent to an activating group) is 1. The quantitative estimate of drug-likeness (QED) is 0.526. The van der Waals surface area contributed by atoms with Crippen molar-refractivity contribution in [1.82, 2.24) is 10.2 Å². The van der Waals surface area contributed by atoms with Crippen molar-refractivity contribution in [1.29, 1.82) is 0 Å². The molecule has 0 aliphatic carbocycles. The highest BCUT2D eigenvalue weighted by atomic mass is 16.3. The maximum atomic E-state index is 8.81. The maximum absolute atomic E-state index is 8.81. The van der Waals surface area contributed by atoms with E-state index >= 15 is 0 Å². The Balaban J connectivity index is 2.30. The first-order chi connectivity index (χ1) is 4.83. The van der Waals surface area contributed by atoms with Gasteiger partial charge < -0.3 is 10.0 Å². The molecular formula is C7H15N2O. The summed E-state index contributed by atoms with van der Waals surface area (Å²) >= 11 is 0. The van der Waals surface area contributed by atoms with Crippen molar-refractivity contribution in [3.8, 4) is 0 Å². The zero-order chi connectivity index (χ0) is 7.40. The standard InChI is InChI=1S/C7H15N2O/c1-9-4-2-3-8-7(5-9)6-10/h7,10H,2-6H2,1H3. The van der Waals surface area contributed by atoms with Gasteiger partial charge in [0.2, 0.25) is 0 Å². The lowest BCUT2D eigenvalue weighted by molar-refractivity contribution is 0.214. The predicted octanol–water partition coefficient (Wildman–Crippen LogP) is -0.713. The van der Waals surface area contributed by atoms with Gasteiger partial charge in [-0.2, -0.15) is 0 Å². The molecular weight excluding hydrogens is 128 g/mol. The molecule has 1 saturated heterocycles. The number of hydrogen-bond acceptors (Lipinski definition) is 2. The predicted molar refractivity (Wildman–Crippen MR) is 40.0 cm³/mol. The van der Waals surface area contributed by atoms with E-state index in [9.17, 15) is 0 Å². The lowest BCUT2D eigenvalue weighted by atomic mass is 10.3. The van der Waals surface area contributed by atoms with Crippen LogP contribution in [-0.2, 0) is 0 Å². The molecule has 1 N–H and O–H groups in total. The molecule has 0 aromatic heterocycles. The summed E-state index contributed by atoms with van der Waals surface area (Å²) in [5.74, 6) is 0. The summed E-state index contributed by atoms with van der Waals surface area (Å²) in [5, 5.41) is 13.1. The molecule has 59 valence electrons. The molecule has 1 radical (unpaired) electrons. The van der Waals surface area contributed by atoms with Crippen LogP contribution in [0.4, 0.5) is 0 Å².